The first-order valence-corrected chi connectivity index (χ1v) is 5.56. The van der Waals surface area contributed by atoms with Crippen molar-refractivity contribution < 1.29 is 9.13 Å². The molecular weight excluding hydrogens is 249 g/mol. The molecule has 3 aromatic rings. The molecule has 0 fully saturated rings. The molecule has 0 saturated heterocycles. The molecule has 0 saturated carbocycles. The van der Waals surface area contributed by atoms with Gasteiger partial charge < -0.3 is 14.9 Å². The zero-order valence-corrected chi connectivity index (χ0v) is 9.82. The maximum absolute atomic E-state index is 12.9. The molecule has 0 spiro atoms. The van der Waals surface area contributed by atoms with Gasteiger partial charge in [-0.15, -0.1) is 0 Å². The van der Waals surface area contributed by atoms with Crippen molar-refractivity contribution in [2.75, 3.05) is 5.73 Å². The van der Waals surface area contributed by atoms with Crippen LogP contribution in [-0.2, 0) is 6.61 Å². The van der Waals surface area contributed by atoms with E-state index < -0.39 is 5.82 Å². The number of nitrogens with zero attached hydrogens (tertiary/aromatic N) is 4. The summed E-state index contributed by atoms with van der Waals surface area (Å²) in [7, 11) is 0. The van der Waals surface area contributed by atoms with Crippen LogP contribution < -0.4 is 10.5 Å². The number of aromatic nitrogens is 4. The summed E-state index contributed by atoms with van der Waals surface area (Å²) in [5, 5.41) is 0. The topological polar surface area (TPSA) is 78.3 Å². The van der Waals surface area contributed by atoms with Crippen molar-refractivity contribution in [1.82, 2.24) is 19.4 Å². The van der Waals surface area contributed by atoms with Crippen LogP contribution in [0.4, 0.5) is 10.2 Å². The number of anilines is 1. The van der Waals surface area contributed by atoms with Crippen molar-refractivity contribution in [2.24, 2.45) is 0 Å². The van der Waals surface area contributed by atoms with Crippen LogP contribution in [0.15, 0.2) is 36.8 Å². The van der Waals surface area contributed by atoms with E-state index in [1.165, 1.54) is 0 Å². The van der Waals surface area contributed by atoms with Crippen LogP contribution in [0.1, 0.15) is 5.69 Å². The van der Waals surface area contributed by atoms with Gasteiger partial charge in [-0.2, -0.15) is 4.98 Å². The van der Waals surface area contributed by atoms with Crippen molar-refractivity contribution in [2.45, 2.75) is 6.61 Å². The first kappa shape index (κ1) is 11.4. The molecule has 0 aliphatic carbocycles. The molecule has 3 heterocycles. The Bertz CT molecular complexity index is 694. The van der Waals surface area contributed by atoms with Gasteiger partial charge in [0.05, 0.1) is 11.9 Å². The first-order chi connectivity index (χ1) is 9.22. The highest BCUT2D eigenvalue weighted by atomic mass is 19.1. The summed E-state index contributed by atoms with van der Waals surface area (Å²) in [6.07, 6.45) is 4.70. The number of halogens is 1. The quantitative estimate of drug-likeness (QED) is 0.769. The van der Waals surface area contributed by atoms with Crippen molar-refractivity contribution in [3.05, 3.63) is 48.3 Å². The predicted molar refractivity (Wildman–Crippen MR) is 65.9 cm³/mol. The Hall–Kier alpha value is -2.70. The molecule has 6 nitrogen and oxygen atoms in total. The Kier molecular flexibility index (Phi) is 2.71. The highest BCUT2D eigenvalue weighted by molar-refractivity contribution is 5.39. The van der Waals surface area contributed by atoms with E-state index in [2.05, 4.69) is 15.0 Å². The van der Waals surface area contributed by atoms with E-state index in [1.54, 1.807) is 0 Å². The lowest BCUT2D eigenvalue weighted by Gasteiger charge is -2.02. The number of nitrogen functional groups attached to an aromatic ring is 1. The lowest BCUT2D eigenvalue weighted by molar-refractivity contribution is 0.276. The summed E-state index contributed by atoms with van der Waals surface area (Å²) >= 11 is 0. The molecule has 0 aliphatic rings. The Morgan fingerprint density at radius 1 is 1.32 bits per heavy atom. The second kappa shape index (κ2) is 4.52. The molecule has 0 radical (unpaired) electrons. The third-order valence-corrected chi connectivity index (χ3v) is 2.51. The number of nitrogens with two attached hydrogens (primary N) is 1. The zero-order chi connectivity index (χ0) is 13.2. The lowest BCUT2D eigenvalue weighted by Crippen LogP contribution is -2.03. The van der Waals surface area contributed by atoms with Crippen molar-refractivity contribution >= 4 is 11.5 Å². The minimum absolute atomic E-state index is 0.0240. The number of rotatable bonds is 3. The summed E-state index contributed by atoms with van der Waals surface area (Å²) in [6, 6.07) is 5.71. The van der Waals surface area contributed by atoms with Gasteiger partial charge in [-0.05, 0) is 12.1 Å². The molecule has 0 unspecified atom stereocenters. The molecule has 0 amide bonds. The van der Waals surface area contributed by atoms with Gasteiger partial charge in [0.2, 0.25) is 0 Å². The number of imidazole rings is 1. The van der Waals surface area contributed by atoms with Gasteiger partial charge in [0.15, 0.2) is 11.6 Å². The summed E-state index contributed by atoms with van der Waals surface area (Å²) < 4.78 is 20.1. The molecule has 7 heteroatoms. The smallest absolute Gasteiger partial charge is 0.318 e. The van der Waals surface area contributed by atoms with Crippen LogP contribution in [-0.4, -0.2) is 19.4 Å². The third kappa shape index (κ3) is 2.30. The van der Waals surface area contributed by atoms with Crippen LogP contribution in [0, 0.1) is 5.82 Å². The summed E-state index contributed by atoms with van der Waals surface area (Å²) in [5.74, 6) is -0.903. The van der Waals surface area contributed by atoms with Gasteiger partial charge in [0.25, 0.3) is 0 Å². The highest BCUT2D eigenvalue weighted by Crippen LogP contribution is 2.11. The molecule has 3 aromatic heterocycles. The molecule has 0 aliphatic heterocycles. The van der Waals surface area contributed by atoms with Crippen LogP contribution in [0.25, 0.3) is 5.65 Å². The minimum Gasteiger partial charge on any atom is -0.457 e. The van der Waals surface area contributed by atoms with Gasteiger partial charge in [0.1, 0.15) is 12.3 Å². The van der Waals surface area contributed by atoms with E-state index >= 15 is 0 Å². The van der Waals surface area contributed by atoms with Crippen LogP contribution in [0.5, 0.6) is 6.01 Å². The zero-order valence-electron chi connectivity index (χ0n) is 9.82. The fraction of sp³-hybridized carbons (Fsp3) is 0.0833. The molecule has 19 heavy (non-hydrogen) atoms. The number of hydrogen-bond donors (Lipinski definition) is 1. The first-order valence-electron chi connectivity index (χ1n) is 5.56. The van der Waals surface area contributed by atoms with Gasteiger partial charge >= 0.3 is 6.01 Å². The van der Waals surface area contributed by atoms with Gasteiger partial charge in [0, 0.05) is 12.4 Å². The van der Waals surface area contributed by atoms with Crippen LogP contribution in [0.2, 0.25) is 0 Å². The number of pyridine rings is 1. The SMILES string of the molecule is Nc1nc(OCc2cn3ccccc3n2)ncc1F. The maximum atomic E-state index is 12.9. The normalized spacial score (nSPS) is 10.8. The number of hydrogen-bond acceptors (Lipinski definition) is 5. The molecule has 0 atom stereocenters. The van der Waals surface area contributed by atoms with Crippen LogP contribution in [0.3, 0.4) is 0 Å². The van der Waals surface area contributed by atoms with E-state index in [1.807, 2.05) is 35.0 Å². The third-order valence-electron chi connectivity index (χ3n) is 2.51. The molecule has 0 aromatic carbocycles. The van der Waals surface area contributed by atoms with Crippen LogP contribution >= 0.6 is 0 Å². The van der Waals surface area contributed by atoms with Gasteiger partial charge in [-0.25, -0.2) is 14.4 Å². The summed E-state index contributed by atoms with van der Waals surface area (Å²) in [6.45, 7) is 0.187. The van der Waals surface area contributed by atoms with Crippen molar-refractivity contribution in [3.8, 4) is 6.01 Å². The molecular formula is C12H10FN5O. The molecule has 2 N–H and O–H groups in total. The lowest BCUT2D eigenvalue weighted by atomic mass is 10.5. The minimum atomic E-state index is -0.667. The predicted octanol–water partition coefficient (Wildman–Crippen LogP) is 1.42. The van der Waals surface area contributed by atoms with Gasteiger partial charge in [-0.1, -0.05) is 6.07 Å². The molecule has 0 bridgehead atoms. The Balaban J connectivity index is 1.76. The fourth-order valence-electron chi connectivity index (χ4n) is 1.63. The molecule has 96 valence electrons. The second-order valence-corrected chi connectivity index (χ2v) is 3.87. The van der Waals surface area contributed by atoms with E-state index in [0.717, 1.165) is 17.5 Å². The fourth-order valence-corrected chi connectivity index (χ4v) is 1.63. The summed E-state index contributed by atoms with van der Waals surface area (Å²) in [4.78, 5) is 11.7. The average molecular weight is 259 g/mol. The standard InChI is InChI=1S/C12H10FN5O/c13-9-5-15-12(17-11(9)14)19-7-8-6-18-4-2-1-3-10(18)16-8/h1-6H,7H2,(H2,14,15,17). The summed E-state index contributed by atoms with van der Waals surface area (Å²) in [5.41, 5.74) is 6.87. The monoisotopic (exact) mass is 259 g/mol. The number of ether oxygens (including phenoxy) is 1. The average Bonchev–Trinajstić information content (AvgIpc) is 2.83. The Morgan fingerprint density at radius 2 is 2.21 bits per heavy atom. The van der Waals surface area contributed by atoms with E-state index in [4.69, 9.17) is 10.5 Å². The van der Waals surface area contributed by atoms with Gasteiger partial charge in [-0.3, -0.25) is 0 Å². The largest absolute Gasteiger partial charge is 0.457 e. The van der Waals surface area contributed by atoms with E-state index in [-0.39, 0.29) is 18.4 Å². The maximum Gasteiger partial charge on any atom is 0.318 e. The highest BCUT2D eigenvalue weighted by Gasteiger charge is 2.06. The van der Waals surface area contributed by atoms with E-state index in [0.29, 0.717) is 0 Å². The second-order valence-electron chi connectivity index (χ2n) is 3.87. The van der Waals surface area contributed by atoms with Crippen molar-refractivity contribution in [1.29, 1.82) is 0 Å². The Labute approximate surface area is 107 Å². The Morgan fingerprint density at radius 3 is 3.00 bits per heavy atom. The van der Waals surface area contributed by atoms with Crippen molar-refractivity contribution in [3.63, 3.8) is 0 Å². The van der Waals surface area contributed by atoms with E-state index in [9.17, 15) is 4.39 Å². The number of fused-ring (bicyclic) bond motifs is 1. The molecule has 3 rings (SSSR count).